The van der Waals surface area contributed by atoms with Gasteiger partial charge in [-0.2, -0.15) is 17.6 Å². The van der Waals surface area contributed by atoms with Gasteiger partial charge in [-0.05, 0) is 41.5 Å². The summed E-state index contributed by atoms with van der Waals surface area (Å²) in [7, 11) is -11.2. The van der Waals surface area contributed by atoms with Gasteiger partial charge in [-0.3, -0.25) is 13.9 Å². The molecular weight excluding hydrogens is 866 g/mol. The van der Waals surface area contributed by atoms with Crippen LogP contribution in [0.3, 0.4) is 0 Å². The number of benzene rings is 3. The number of thioether (sulfide) groups is 2. The number of aromatic nitrogens is 4. The number of fused-ring (bicyclic) bond motifs is 1. The summed E-state index contributed by atoms with van der Waals surface area (Å²) in [5.41, 5.74) is -8.50. The molecular formula is C28H22Br2F4N4O7P2S2. The molecule has 0 aliphatic carbocycles. The van der Waals surface area contributed by atoms with Crippen molar-refractivity contribution in [1.29, 1.82) is 0 Å². The van der Waals surface area contributed by atoms with Crippen molar-refractivity contribution in [1.82, 2.24) is 19.9 Å². The van der Waals surface area contributed by atoms with Crippen molar-refractivity contribution >= 4 is 81.5 Å². The summed E-state index contributed by atoms with van der Waals surface area (Å²) in [6, 6.07) is 16.0. The first-order chi connectivity index (χ1) is 22.8. The minimum Gasteiger partial charge on any atom is -0.320 e. The first kappa shape index (κ1) is 39.3. The lowest BCUT2D eigenvalue weighted by atomic mass is 10.1. The second kappa shape index (κ2) is 15.8. The number of alkyl halides is 4. The van der Waals surface area contributed by atoms with Crippen molar-refractivity contribution in [2.45, 2.75) is 33.1 Å². The van der Waals surface area contributed by atoms with Gasteiger partial charge in [-0.1, -0.05) is 91.8 Å². The maximum absolute atomic E-state index is 13.9. The van der Waals surface area contributed by atoms with Gasteiger partial charge in [-0.15, -0.1) is 0 Å². The molecule has 0 saturated carbocycles. The minimum absolute atomic E-state index is 0.0621. The molecule has 3 aromatic carbocycles. The fourth-order valence-corrected chi connectivity index (χ4v) is 8.12. The molecule has 0 aliphatic rings. The van der Waals surface area contributed by atoms with Crippen LogP contribution in [0.2, 0.25) is 0 Å². The molecule has 49 heavy (non-hydrogen) atoms. The van der Waals surface area contributed by atoms with Crippen molar-refractivity contribution in [3.8, 4) is 0 Å². The molecule has 5 aromatic rings. The van der Waals surface area contributed by atoms with E-state index in [0.717, 1.165) is 12.1 Å². The standard InChI is InChI=1S/C16H12BrF2N2O4PS.C12H10BrF2N2O3PS/c17-12-7-9(5-6-11(12)16(18,19)26(23,24)25)8-27-15-20-13-4-2-1-3-10(13)14(22)21-15;13-10-6-8(7-22-11-16-4-1-5-17-11)2-3-9(10)12(14,15)21(18,19)20/h1-7H,8H2,(H,20,21,22)(H2,23,24,25);1-6H,7H2,(H2,18,19,20). The molecule has 11 nitrogen and oxygen atoms in total. The van der Waals surface area contributed by atoms with Gasteiger partial charge in [0, 0.05) is 44.0 Å². The molecule has 0 saturated heterocycles. The summed E-state index contributed by atoms with van der Waals surface area (Å²) in [5, 5.41) is 1.39. The number of nitrogens with zero attached hydrogens (tertiary/aromatic N) is 3. The zero-order valence-electron chi connectivity index (χ0n) is 24.3. The van der Waals surface area contributed by atoms with Crippen LogP contribution in [0.1, 0.15) is 22.3 Å². The Morgan fingerprint density at radius 3 is 1.71 bits per heavy atom. The highest BCUT2D eigenvalue weighted by molar-refractivity contribution is 9.10. The molecule has 0 unspecified atom stereocenters. The van der Waals surface area contributed by atoms with E-state index in [0.29, 0.717) is 43.8 Å². The van der Waals surface area contributed by atoms with E-state index in [9.17, 15) is 31.5 Å². The van der Waals surface area contributed by atoms with E-state index in [1.165, 1.54) is 47.8 Å². The number of rotatable bonds is 10. The van der Waals surface area contributed by atoms with Crippen LogP contribution in [-0.4, -0.2) is 39.5 Å². The number of hydrogen-bond donors (Lipinski definition) is 5. The first-order valence-electron chi connectivity index (χ1n) is 13.3. The number of aromatic amines is 1. The normalized spacial score (nSPS) is 12.4. The van der Waals surface area contributed by atoms with Gasteiger partial charge in [0.2, 0.25) is 0 Å². The quantitative estimate of drug-likeness (QED) is 0.0395. The number of H-pyrrole nitrogens is 1. The van der Waals surface area contributed by atoms with Gasteiger partial charge in [0.15, 0.2) is 10.3 Å². The van der Waals surface area contributed by atoms with E-state index in [1.807, 2.05) is 0 Å². The maximum Gasteiger partial charge on any atom is 0.399 e. The molecule has 0 radical (unpaired) electrons. The fraction of sp³-hybridized carbons (Fsp3) is 0.143. The highest BCUT2D eigenvalue weighted by atomic mass is 79.9. The largest absolute Gasteiger partial charge is 0.399 e. The summed E-state index contributed by atoms with van der Waals surface area (Å²) in [6.07, 6.45) is 3.18. The molecule has 0 fully saturated rings. The third kappa shape index (κ3) is 9.67. The van der Waals surface area contributed by atoms with E-state index in [-0.39, 0.29) is 14.5 Å². The minimum atomic E-state index is -5.64. The van der Waals surface area contributed by atoms with Crippen LogP contribution in [0.15, 0.2) is 103 Å². The van der Waals surface area contributed by atoms with Gasteiger partial charge in [0.05, 0.1) is 10.9 Å². The zero-order valence-corrected chi connectivity index (χ0v) is 30.8. The third-order valence-electron chi connectivity index (χ3n) is 6.32. The Hall–Kier alpha value is -2.44. The fourth-order valence-electron chi connectivity index (χ4n) is 3.89. The van der Waals surface area contributed by atoms with Crippen molar-refractivity contribution in [3.05, 3.63) is 121 Å². The molecule has 260 valence electrons. The monoisotopic (exact) mass is 886 g/mol. The maximum atomic E-state index is 13.9. The molecule has 0 bridgehead atoms. The summed E-state index contributed by atoms with van der Waals surface area (Å²) in [6.45, 7) is 0. The number of para-hydroxylation sites is 1. The van der Waals surface area contributed by atoms with Crippen molar-refractivity contribution in [2.24, 2.45) is 0 Å². The smallest absolute Gasteiger partial charge is 0.320 e. The van der Waals surface area contributed by atoms with E-state index in [2.05, 4.69) is 51.8 Å². The Bertz CT molecular complexity index is 2130. The van der Waals surface area contributed by atoms with Gasteiger partial charge >= 0.3 is 26.5 Å². The molecule has 0 spiro atoms. The van der Waals surface area contributed by atoms with Crippen LogP contribution in [0.5, 0.6) is 0 Å². The summed E-state index contributed by atoms with van der Waals surface area (Å²) in [5.74, 6) is 0.742. The summed E-state index contributed by atoms with van der Waals surface area (Å²) in [4.78, 5) is 62.3. The molecule has 2 heterocycles. The molecule has 21 heteroatoms. The van der Waals surface area contributed by atoms with Crippen LogP contribution in [-0.2, 0) is 32.0 Å². The average molecular weight is 888 g/mol. The number of halogens is 6. The number of hydrogen-bond acceptors (Lipinski definition) is 8. The highest BCUT2D eigenvalue weighted by Crippen LogP contribution is 2.61. The second-order valence-electron chi connectivity index (χ2n) is 9.80. The topological polar surface area (TPSA) is 187 Å². The van der Waals surface area contributed by atoms with E-state index in [4.69, 9.17) is 19.6 Å². The lowest BCUT2D eigenvalue weighted by Gasteiger charge is -2.19. The molecule has 0 atom stereocenters. The van der Waals surface area contributed by atoms with Gasteiger partial charge < -0.3 is 24.6 Å². The summed E-state index contributed by atoms with van der Waals surface area (Å²) >= 11 is 8.40. The predicted molar refractivity (Wildman–Crippen MR) is 184 cm³/mol. The zero-order chi connectivity index (χ0) is 36.2. The lowest BCUT2D eigenvalue weighted by Crippen LogP contribution is -2.14. The van der Waals surface area contributed by atoms with Crippen LogP contribution in [0.25, 0.3) is 10.9 Å². The van der Waals surface area contributed by atoms with E-state index >= 15 is 0 Å². The molecule has 5 N–H and O–H groups in total. The van der Waals surface area contributed by atoms with Crippen molar-refractivity contribution in [3.63, 3.8) is 0 Å². The second-order valence-corrected chi connectivity index (χ2v) is 16.7. The van der Waals surface area contributed by atoms with Crippen molar-refractivity contribution in [2.75, 3.05) is 0 Å². The highest BCUT2D eigenvalue weighted by Gasteiger charge is 2.52. The van der Waals surface area contributed by atoms with Crippen LogP contribution >= 0.6 is 70.6 Å². The first-order valence-corrected chi connectivity index (χ1v) is 20.1. The van der Waals surface area contributed by atoms with Crippen LogP contribution in [0, 0.1) is 0 Å². The molecule has 2 aromatic heterocycles. The molecule has 0 aliphatic heterocycles. The molecule has 0 amide bonds. The summed E-state index contributed by atoms with van der Waals surface area (Å²) < 4.78 is 76.8. The van der Waals surface area contributed by atoms with E-state index in [1.54, 1.807) is 42.7 Å². The van der Waals surface area contributed by atoms with Crippen molar-refractivity contribution < 1.29 is 46.3 Å². The van der Waals surface area contributed by atoms with E-state index < -0.39 is 37.6 Å². The van der Waals surface area contributed by atoms with Gasteiger partial charge in [0.25, 0.3) is 5.56 Å². The average Bonchev–Trinajstić information content (AvgIpc) is 3.02. The SMILES string of the molecule is O=P(O)(O)C(F)(F)c1ccc(CSc2ncccn2)cc1Br.O=c1[nH]c(SCc2ccc(C(F)(F)P(=O)(O)O)c(Br)c2)nc2ccccc12. The van der Waals surface area contributed by atoms with Crippen LogP contribution < -0.4 is 5.56 Å². The Morgan fingerprint density at radius 2 is 1.22 bits per heavy atom. The predicted octanol–water partition coefficient (Wildman–Crippen LogP) is 7.96. The number of nitrogens with one attached hydrogen (secondary N) is 1. The van der Waals surface area contributed by atoms with Crippen LogP contribution in [0.4, 0.5) is 17.6 Å². The van der Waals surface area contributed by atoms with Gasteiger partial charge in [-0.25, -0.2) is 15.0 Å². The van der Waals surface area contributed by atoms with Gasteiger partial charge in [0.1, 0.15) is 0 Å². The Labute approximate surface area is 300 Å². The Morgan fingerprint density at radius 1 is 0.735 bits per heavy atom. The molecule has 5 rings (SSSR count). The Kier molecular flexibility index (Phi) is 12.7. The third-order valence-corrected chi connectivity index (χ3v) is 11.5. The Balaban J connectivity index is 0.000000226. The lowest BCUT2D eigenvalue weighted by molar-refractivity contribution is 0.0557.